The lowest BCUT2D eigenvalue weighted by molar-refractivity contribution is 0.213. The van der Waals surface area contributed by atoms with Crippen LogP contribution in [0.25, 0.3) is 0 Å². The van der Waals surface area contributed by atoms with Crippen molar-refractivity contribution in [1.82, 2.24) is 10.6 Å². The third-order valence-electron chi connectivity index (χ3n) is 3.84. The quantitative estimate of drug-likeness (QED) is 0.790. The molecule has 5 heteroatoms. The average molecular weight is 277 g/mol. The van der Waals surface area contributed by atoms with Gasteiger partial charge >= 0.3 is 6.03 Å². The second kappa shape index (κ2) is 6.61. The number of urea groups is 1. The van der Waals surface area contributed by atoms with E-state index < -0.39 is 0 Å². The Labute approximate surface area is 120 Å². The van der Waals surface area contributed by atoms with Gasteiger partial charge in [0, 0.05) is 6.54 Å². The van der Waals surface area contributed by atoms with Crippen molar-refractivity contribution in [2.24, 2.45) is 5.41 Å². The van der Waals surface area contributed by atoms with Gasteiger partial charge in [0.05, 0.1) is 12.8 Å². The topological polar surface area (TPSA) is 62.4 Å². The molecule has 2 rings (SSSR count). The van der Waals surface area contributed by atoms with E-state index in [2.05, 4.69) is 22.9 Å². The first kappa shape index (κ1) is 14.7. The van der Waals surface area contributed by atoms with Crippen LogP contribution in [0.15, 0.2) is 24.3 Å². The molecule has 0 saturated carbocycles. The van der Waals surface area contributed by atoms with E-state index in [0.29, 0.717) is 18.0 Å². The van der Waals surface area contributed by atoms with Crippen LogP contribution in [0.3, 0.4) is 0 Å². The van der Waals surface area contributed by atoms with Crippen LogP contribution < -0.4 is 20.7 Å². The van der Waals surface area contributed by atoms with Gasteiger partial charge in [0.2, 0.25) is 0 Å². The molecule has 2 amide bonds. The van der Waals surface area contributed by atoms with Gasteiger partial charge < -0.3 is 20.7 Å². The molecule has 1 saturated heterocycles. The Hall–Kier alpha value is -1.75. The maximum absolute atomic E-state index is 12.0. The predicted octanol–water partition coefficient (Wildman–Crippen LogP) is 2.21. The number of benzene rings is 1. The molecule has 1 fully saturated rings. The van der Waals surface area contributed by atoms with Crippen LogP contribution in [-0.4, -0.2) is 32.8 Å². The maximum atomic E-state index is 12.0. The zero-order valence-electron chi connectivity index (χ0n) is 12.2. The van der Waals surface area contributed by atoms with Gasteiger partial charge in [0.1, 0.15) is 5.75 Å². The highest BCUT2D eigenvalue weighted by atomic mass is 16.5. The van der Waals surface area contributed by atoms with Crippen molar-refractivity contribution in [2.75, 3.05) is 32.1 Å². The van der Waals surface area contributed by atoms with E-state index in [1.807, 2.05) is 24.3 Å². The fraction of sp³-hybridized carbons (Fsp3) is 0.533. The van der Waals surface area contributed by atoms with Crippen LogP contribution in [0.1, 0.15) is 19.8 Å². The van der Waals surface area contributed by atoms with Gasteiger partial charge in [-0.25, -0.2) is 4.79 Å². The summed E-state index contributed by atoms with van der Waals surface area (Å²) in [7, 11) is 1.59. The Morgan fingerprint density at radius 1 is 1.35 bits per heavy atom. The van der Waals surface area contributed by atoms with E-state index in [4.69, 9.17) is 4.74 Å². The fourth-order valence-electron chi connectivity index (χ4n) is 2.42. The average Bonchev–Trinajstić information content (AvgIpc) is 2.47. The van der Waals surface area contributed by atoms with Crippen LogP contribution >= 0.6 is 0 Å². The molecule has 0 atom stereocenters. The highest BCUT2D eigenvalue weighted by Gasteiger charge is 2.27. The molecule has 0 aromatic heterocycles. The standard InChI is InChI=1S/C15H23N3O2/c1-15(7-9-16-10-8-15)11-17-14(19)18-12-5-3-4-6-13(12)20-2/h3-6,16H,7-11H2,1-2H3,(H2,17,18,19). The third-order valence-corrected chi connectivity index (χ3v) is 3.84. The number of amides is 2. The van der Waals surface area contributed by atoms with Crippen LogP contribution in [-0.2, 0) is 0 Å². The van der Waals surface area contributed by atoms with Crippen LogP contribution in [0.5, 0.6) is 5.75 Å². The molecule has 0 bridgehead atoms. The lowest BCUT2D eigenvalue weighted by atomic mass is 9.81. The summed E-state index contributed by atoms with van der Waals surface area (Å²) in [6.07, 6.45) is 2.17. The summed E-state index contributed by atoms with van der Waals surface area (Å²) in [5.74, 6) is 0.663. The number of hydrogen-bond donors (Lipinski definition) is 3. The molecule has 110 valence electrons. The van der Waals surface area contributed by atoms with E-state index in [1.54, 1.807) is 7.11 Å². The van der Waals surface area contributed by atoms with Gasteiger partial charge in [-0.05, 0) is 43.5 Å². The minimum atomic E-state index is -0.186. The molecule has 0 spiro atoms. The minimum Gasteiger partial charge on any atom is -0.495 e. The molecule has 1 aliphatic heterocycles. The Kier molecular flexibility index (Phi) is 4.84. The normalized spacial score (nSPS) is 17.3. The number of methoxy groups -OCH3 is 1. The fourth-order valence-corrected chi connectivity index (χ4v) is 2.42. The van der Waals surface area contributed by atoms with E-state index in [9.17, 15) is 4.79 Å². The first-order valence-electron chi connectivity index (χ1n) is 7.02. The Balaban J connectivity index is 1.86. The summed E-state index contributed by atoms with van der Waals surface area (Å²) < 4.78 is 5.21. The SMILES string of the molecule is COc1ccccc1NC(=O)NCC1(C)CCNCC1. The summed E-state index contributed by atoms with van der Waals surface area (Å²) >= 11 is 0. The van der Waals surface area contributed by atoms with Crippen molar-refractivity contribution < 1.29 is 9.53 Å². The zero-order valence-corrected chi connectivity index (χ0v) is 12.2. The lowest BCUT2D eigenvalue weighted by Crippen LogP contribution is -2.44. The highest BCUT2D eigenvalue weighted by Crippen LogP contribution is 2.27. The molecule has 1 aromatic carbocycles. The van der Waals surface area contributed by atoms with E-state index in [-0.39, 0.29) is 11.4 Å². The summed E-state index contributed by atoms with van der Waals surface area (Å²) in [6.45, 7) is 4.95. The van der Waals surface area contributed by atoms with Crippen LogP contribution in [0.2, 0.25) is 0 Å². The molecule has 0 aliphatic carbocycles. The van der Waals surface area contributed by atoms with Crippen molar-refractivity contribution in [3.05, 3.63) is 24.3 Å². The minimum absolute atomic E-state index is 0.184. The van der Waals surface area contributed by atoms with Gasteiger partial charge in [-0.2, -0.15) is 0 Å². The summed E-state index contributed by atoms with van der Waals surface area (Å²) in [4.78, 5) is 12.0. The van der Waals surface area contributed by atoms with Gasteiger partial charge in [-0.1, -0.05) is 19.1 Å². The number of piperidine rings is 1. The molecule has 1 aromatic rings. The van der Waals surface area contributed by atoms with Gasteiger partial charge in [0.15, 0.2) is 0 Å². The molecular weight excluding hydrogens is 254 g/mol. The third kappa shape index (κ3) is 3.87. The number of ether oxygens (including phenoxy) is 1. The second-order valence-corrected chi connectivity index (χ2v) is 5.57. The summed E-state index contributed by atoms with van der Waals surface area (Å²) in [6, 6.07) is 7.20. The van der Waals surface area contributed by atoms with Crippen molar-refractivity contribution in [3.8, 4) is 5.75 Å². The number of nitrogens with one attached hydrogen (secondary N) is 3. The van der Waals surface area contributed by atoms with E-state index in [1.165, 1.54) is 0 Å². The van der Waals surface area contributed by atoms with Crippen LogP contribution in [0.4, 0.5) is 10.5 Å². The van der Waals surface area contributed by atoms with Crippen molar-refractivity contribution >= 4 is 11.7 Å². The van der Waals surface area contributed by atoms with E-state index >= 15 is 0 Å². The molecule has 0 radical (unpaired) electrons. The molecular formula is C15H23N3O2. The smallest absolute Gasteiger partial charge is 0.319 e. The van der Waals surface area contributed by atoms with Crippen molar-refractivity contribution in [1.29, 1.82) is 0 Å². The lowest BCUT2D eigenvalue weighted by Gasteiger charge is -2.34. The van der Waals surface area contributed by atoms with Gasteiger partial charge in [-0.15, -0.1) is 0 Å². The van der Waals surface area contributed by atoms with Gasteiger partial charge in [-0.3, -0.25) is 0 Å². The number of anilines is 1. The highest BCUT2D eigenvalue weighted by molar-refractivity contribution is 5.90. The monoisotopic (exact) mass is 277 g/mol. The van der Waals surface area contributed by atoms with Crippen molar-refractivity contribution in [3.63, 3.8) is 0 Å². The first-order valence-corrected chi connectivity index (χ1v) is 7.02. The molecule has 20 heavy (non-hydrogen) atoms. The Bertz CT molecular complexity index is 456. The molecule has 5 nitrogen and oxygen atoms in total. The Morgan fingerprint density at radius 2 is 2.05 bits per heavy atom. The van der Waals surface area contributed by atoms with Crippen LogP contribution in [0, 0.1) is 5.41 Å². The Morgan fingerprint density at radius 3 is 2.75 bits per heavy atom. The summed E-state index contributed by atoms with van der Waals surface area (Å²) in [5.41, 5.74) is 0.867. The number of para-hydroxylation sites is 2. The number of hydrogen-bond acceptors (Lipinski definition) is 3. The first-order chi connectivity index (χ1) is 9.63. The van der Waals surface area contributed by atoms with Gasteiger partial charge in [0.25, 0.3) is 0 Å². The largest absolute Gasteiger partial charge is 0.495 e. The molecule has 1 aliphatic rings. The summed E-state index contributed by atoms with van der Waals surface area (Å²) in [5, 5.41) is 9.12. The van der Waals surface area contributed by atoms with E-state index in [0.717, 1.165) is 25.9 Å². The molecule has 3 N–H and O–H groups in total. The zero-order chi connectivity index (χ0) is 14.4. The van der Waals surface area contributed by atoms with Crippen molar-refractivity contribution in [2.45, 2.75) is 19.8 Å². The number of carbonyl (C=O) groups excluding carboxylic acids is 1. The molecule has 1 heterocycles. The molecule has 0 unspecified atom stereocenters. The number of rotatable bonds is 4. The maximum Gasteiger partial charge on any atom is 0.319 e. The second-order valence-electron chi connectivity index (χ2n) is 5.57. The predicted molar refractivity (Wildman–Crippen MR) is 80.2 cm³/mol. The number of carbonyl (C=O) groups is 1.